The molecule has 10 rings (SSSR count). The maximum atomic E-state index is 8.99. The predicted molar refractivity (Wildman–Crippen MR) is 234 cm³/mol. The maximum absolute atomic E-state index is 8.99. The summed E-state index contributed by atoms with van der Waals surface area (Å²) in [5.74, 6) is 1.35. The Hall–Kier alpha value is -7.31. The first-order valence-corrected chi connectivity index (χ1v) is 18.7. The minimum absolute atomic E-state index is 0.137. The van der Waals surface area contributed by atoms with Gasteiger partial charge in [0.25, 0.3) is 6.33 Å². The van der Waals surface area contributed by atoms with Crippen molar-refractivity contribution in [3.05, 3.63) is 194 Å². The Kier molecular flexibility index (Phi) is 6.01. The summed E-state index contributed by atoms with van der Waals surface area (Å²) in [4.78, 5) is 9.56. The van der Waals surface area contributed by atoms with Crippen molar-refractivity contribution in [3.63, 3.8) is 0 Å². The standard InChI is InChI=1S/C52H41N5O/c1-52(2,3)33-36-28-29-53-49(30-36)57-45-25-11-10-22-44(45)50-48(57)32-41(34-54-50)58-40-21-14-20-39(31-40)55-35-56(47-27-13-12-26-46(47)55)51-42(37-16-6-4-7-17-37)23-15-24-43(51)38-18-8-5-9-19-38/h4-32,34H,33H2,1-3H3/i4D,5D,6D,7D,8D,9D,16D,17D,18D,19D,33D2. The van der Waals surface area contributed by atoms with Crippen LogP contribution in [-0.4, -0.2) is 19.1 Å². The average Bonchev–Trinajstić information content (AvgIpc) is 3.90. The van der Waals surface area contributed by atoms with Gasteiger partial charge >= 0.3 is 0 Å². The van der Waals surface area contributed by atoms with Crippen molar-refractivity contribution >= 4 is 33.0 Å². The van der Waals surface area contributed by atoms with Gasteiger partial charge in [-0.15, -0.1) is 0 Å². The lowest BCUT2D eigenvalue weighted by atomic mass is 9.88. The van der Waals surface area contributed by atoms with Crippen molar-refractivity contribution in [3.8, 4) is 50.9 Å². The molecule has 280 valence electrons. The Morgan fingerprint density at radius 3 is 2.12 bits per heavy atom. The fourth-order valence-electron chi connectivity index (χ4n) is 7.36. The summed E-state index contributed by atoms with van der Waals surface area (Å²) in [5.41, 5.74) is 3.87. The molecule has 0 aliphatic carbocycles. The summed E-state index contributed by atoms with van der Waals surface area (Å²) in [5, 5.41) is 0.878. The molecule has 0 N–H and O–H groups in total. The second kappa shape index (κ2) is 14.3. The van der Waals surface area contributed by atoms with Crippen molar-refractivity contribution in [1.82, 2.24) is 19.1 Å². The quantitative estimate of drug-likeness (QED) is 0.114. The lowest BCUT2D eigenvalue weighted by Gasteiger charge is -2.18. The zero-order valence-electron chi connectivity index (χ0n) is 43.7. The van der Waals surface area contributed by atoms with Crippen LogP contribution in [0.3, 0.4) is 0 Å². The Bertz CT molecular complexity index is 3660. The number of para-hydroxylation sites is 4. The van der Waals surface area contributed by atoms with Gasteiger partial charge in [0, 0.05) is 20.4 Å². The third-order valence-electron chi connectivity index (χ3n) is 9.65. The van der Waals surface area contributed by atoms with E-state index >= 15 is 0 Å². The van der Waals surface area contributed by atoms with E-state index in [1.807, 2.05) is 73.9 Å². The van der Waals surface area contributed by atoms with Crippen molar-refractivity contribution in [2.75, 3.05) is 0 Å². The minimum Gasteiger partial charge on any atom is -0.456 e. The molecule has 58 heavy (non-hydrogen) atoms. The van der Waals surface area contributed by atoms with E-state index in [2.05, 4.69) is 6.33 Å². The number of imidazole rings is 1. The topological polar surface area (TPSA) is 48.8 Å². The molecule has 0 amide bonds. The second-order valence-corrected chi connectivity index (χ2v) is 14.7. The van der Waals surface area contributed by atoms with Crippen LogP contribution in [0.1, 0.15) is 42.8 Å². The molecule has 0 aliphatic rings. The summed E-state index contributed by atoms with van der Waals surface area (Å²) >= 11 is 0. The number of benzene rings is 6. The first-order chi connectivity index (χ1) is 33.3. The van der Waals surface area contributed by atoms with Crippen LogP contribution < -0.4 is 9.30 Å². The number of nitrogens with zero attached hydrogens (tertiary/aromatic N) is 5. The summed E-state index contributed by atoms with van der Waals surface area (Å²) in [6, 6.07) is 27.0. The third-order valence-corrected chi connectivity index (χ3v) is 9.65. The average molecular weight is 764 g/mol. The van der Waals surface area contributed by atoms with Crippen LogP contribution in [0.2, 0.25) is 0 Å². The molecule has 0 bridgehead atoms. The van der Waals surface area contributed by atoms with Crippen molar-refractivity contribution in [1.29, 1.82) is 0 Å². The molecular weight excluding hydrogens is 711 g/mol. The van der Waals surface area contributed by atoms with Gasteiger partial charge in [0.2, 0.25) is 0 Å². The number of pyridine rings is 2. The van der Waals surface area contributed by atoms with E-state index in [1.54, 1.807) is 82.2 Å². The van der Waals surface area contributed by atoms with E-state index in [9.17, 15) is 0 Å². The number of ether oxygens (including phenoxy) is 1. The number of hydrogen-bond acceptors (Lipinski definition) is 3. The Morgan fingerprint density at radius 2 is 1.38 bits per heavy atom. The molecule has 0 aliphatic heterocycles. The molecule has 6 aromatic carbocycles. The molecule has 0 saturated carbocycles. The summed E-state index contributed by atoms with van der Waals surface area (Å²) < 4.78 is 117. The highest BCUT2D eigenvalue weighted by Crippen LogP contribution is 2.36. The first-order valence-electron chi connectivity index (χ1n) is 24.7. The van der Waals surface area contributed by atoms with E-state index in [0.29, 0.717) is 50.6 Å². The molecule has 0 fully saturated rings. The molecule has 0 spiro atoms. The van der Waals surface area contributed by atoms with Gasteiger partial charge in [-0.25, -0.2) is 4.98 Å². The molecule has 4 heterocycles. The monoisotopic (exact) mass is 763 g/mol. The molecule has 0 radical (unpaired) electrons. The van der Waals surface area contributed by atoms with Crippen LogP contribution in [0, 0.1) is 11.7 Å². The highest BCUT2D eigenvalue weighted by atomic mass is 16.5. The zero-order valence-corrected chi connectivity index (χ0v) is 31.7. The molecule has 0 saturated heterocycles. The van der Waals surface area contributed by atoms with Crippen molar-refractivity contribution in [2.45, 2.75) is 27.1 Å². The van der Waals surface area contributed by atoms with Gasteiger partial charge in [0.15, 0.2) is 0 Å². The highest BCUT2D eigenvalue weighted by molar-refractivity contribution is 6.07. The van der Waals surface area contributed by atoms with Gasteiger partial charge < -0.3 is 4.74 Å². The van der Waals surface area contributed by atoms with Gasteiger partial charge in [0.05, 0.1) is 58.9 Å². The van der Waals surface area contributed by atoms with Crippen LogP contribution in [0.25, 0.3) is 72.4 Å². The normalized spacial score (nSPS) is 14.9. The Labute approximate surface area is 354 Å². The van der Waals surface area contributed by atoms with Gasteiger partial charge in [-0.1, -0.05) is 148 Å². The Morgan fingerprint density at radius 1 is 0.690 bits per heavy atom. The van der Waals surface area contributed by atoms with Crippen LogP contribution in [0.4, 0.5) is 0 Å². The zero-order chi connectivity index (χ0) is 49.7. The van der Waals surface area contributed by atoms with Crippen LogP contribution >= 0.6 is 0 Å². The smallest absolute Gasteiger partial charge is 0.269 e. The second-order valence-electron chi connectivity index (χ2n) is 14.7. The maximum Gasteiger partial charge on any atom is 0.269 e. The van der Waals surface area contributed by atoms with Gasteiger partial charge in [-0.05, 0) is 76.0 Å². The summed E-state index contributed by atoms with van der Waals surface area (Å²) in [6.45, 7) is 5.59. The van der Waals surface area contributed by atoms with Gasteiger partial charge in [-0.3, -0.25) is 18.7 Å². The van der Waals surface area contributed by atoms with Crippen LogP contribution in [0.15, 0.2) is 182 Å². The fourth-order valence-corrected chi connectivity index (χ4v) is 7.36. The fraction of sp³-hybridized carbons (Fsp3) is 0.0962. The lowest BCUT2D eigenvalue weighted by molar-refractivity contribution is -0.571. The number of hydrogen-bond donors (Lipinski definition) is 0. The number of rotatable bonds is 8. The van der Waals surface area contributed by atoms with E-state index < -0.39 is 72.2 Å². The predicted octanol–water partition coefficient (Wildman–Crippen LogP) is 12.3. The van der Waals surface area contributed by atoms with E-state index in [-0.39, 0.29) is 27.9 Å². The van der Waals surface area contributed by atoms with E-state index in [0.717, 1.165) is 10.9 Å². The van der Waals surface area contributed by atoms with E-state index in [1.165, 1.54) is 0 Å². The third kappa shape index (κ3) is 6.48. The molecular formula is C52H41N5O. The van der Waals surface area contributed by atoms with Crippen molar-refractivity contribution in [2.24, 2.45) is 5.41 Å². The molecule has 4 aromatic heterocycles. The van der Waals surface area contributed by atoms with Crippen LogP contribution in [0.5, 0.6) is 11.5 Å². The SMILES string of the molecule is [2H]c1c([2H])c([2H])c(-c2cccc(-c3c([2H])c([2H])c([2H])c([2H])c3[2H])c2-[n+]2[c-]n(-c3cccc(Oc4cnc5c6ccccc6n(-c6cc(C([2H])([2H])C(C)(C)C)ccn6)c5c4)c3)c3ccccc32)c([2H])c1[2H]. The highest BCUT2D eigenvalue weighted by Gasteiger charge is 2.21. The minimum atomic E-state index is -1.66. The first kappa shape index (κ1) is 24.4. The van der Waals surface area contributed by atoms with E-state index in [4.69, 9.17) is 31.2 Å². The number of fused-ring (bicyclic) bond motifs is 4. The lowest BCUT2D eigenvalue weighted by Crippen LogP contribution is -2.31. The summed E-state index contributed by atoms with van der Waals surface area (Å²) in [7, 11) is 0. The molecule has 6 nitrogen and oxygen atoms in total. The number of aromatic nitrogens is 5. The van der Waals surface area contributed by atoms with Crippen molar-refractivity contribution < 1.29 is 25.8 Å². The van der Waals surface area contributed by atoms with Crippen LogP contribution in [-0.2, 0) is 6.37 Å². The summed E-state index contributed by atoms with van der Waals surface area (Å²) in [6.07, 6.45) is 4.99. The molecule has 6 heteroatoms. The van der Waals surface area contributed by atoms with Gasteiger partial charge in [-0.2, -0.15) is 0 Å². The largest absolute Gasteiger partial charge is 0.456 e. The molecule has 10 aromatic rings. The molecule has 0 unspecified atom stereocenters. The molecule has 0 atom stereocenters. The Balaban J connectivity index is 1.13. The van der Waals surface area contributed by atoms with Gasteiger partial charge in [0.1, 0.15) is 17.3 Å².